The van der Waals surface area contributed by atoms with Crippen LogP contribution in [0.2, 0.25) is 0 Å². The van der Waals surface area contributed by atoms with Gasteiger partial charge in [0.25, 0.3) is 0 Å². The van der Waals surface area contributed by atoms with Gasteiger partial charge in [-0.25, -0.2) is 9.97 Å². The van der Waals surface area contributed by atoms with E-state index < -0.39 is 5.54 Å². The van der Waals surface area contributed by atoms with Gasteiger partial charge in [-0.05, 0) is 20.8 Å². The van der Waals surface area contributed by atoms with Crippen LogP contribution < -0.4 is 10.6 Å². The smallest absolute Gasteiger partial charge is 0.138 e. The fourth-order valence-electron chi connectivity index (χ4n) is 1.73. The molecule has 0 aliphatic carbocycles. The SMILES string of the molecule is CCNc1nc(C(C)(C)C)nc(NC(C)(CO)CO)c1C. The van der Waals surface area contributed by atoms with Gasteiger partial charge in [0.15, 0.2) is 0 Å². The molecule has 0 bridgehead atoms. The van der Waals surface area contributed by atoms with Crippen molar-refractivity contribution < 1.29 is 10.2 Å². The summed E-state index contributed by atoms with van der Waals surface area (Å²) in [4.78, 5) is 9.17. The molecule has 0 atom stereocenters. The summed E-state index contributed by atoms with van der Waals surface area (Å²) >= 11 is 0. The van der Waals surface area contributed by atoms with Gasteiger partial charge in [0.2, 0.25) is 0 Å². The lowest BCUT2D eigenvalue weighted by atomic mass is 9.95. The predicted octanol–water partition coefficient (Wildman–Crippen LogP) is 1.67. The molecule has 1 aromatic heterocycles. The van der Waals surface area contributed by atoms with Crippen molar-refractivity contribution >= 4 is 11.6 Å². The Hall–Kier alpha value is -1.40. The predicted molar refractivity (Wildman–Crippen MR) is 85.8 cm³/mol. The Kier molecular flexibility index (Phi) is 5.53. The number of hydrogen-bond donors (Lipinski definition) is 4. The van der Waals surface area contributed by atoms with E-state index in [0.29, 0.717) is 11.6 Å². The van der Waals surface area contributed by atoms with Crippen molar-refractivity contribution in [3.8, 4) is 0 Å². The minimum Gasteiger partial charge on any atom is -0.394 e. The summed E-state index contributed by atoms with van der Waals surface area (Å²) in [7, 11) is 0. The van der Waals surface area contributed by atoms with Crippen molar-refractivity contribution in [3.63, 3.8) is 0 Å². The van der Waals surface area contributed by atoms with Crippen LogP contribution in [0, 0.1) is 6.92 Å². The monoisotopic (exact) mass is 296 g/mol. The van der Waals surface area contributed by atoms with E-state index in [4.69, 9.17) is 0 Å². The standard InChI is InChI=1S/C15H28N4O2/c1-7-16-11-10(2)12(19-15(6,8-20)9-21)18-13(17-11)14(3,4)5/h20-21H,7-9H2,1-6H3,(H2,16,17,18,19). The van der Waals surface area contributed by atoms with Crippen molar-refractivity contribution in [2.75, 3.05) is 30.4 Å². The summed E-state index contributed by atoms with van der Waals surface area (Å²) in [5, 5.41) is 25.3. The second-order valence-corrected chi connectivity index (χ2v) is 6.65. The number of nitrogens with one attached hydrogen (secondary N) is 2. The normalized spacial score (nSPS) is 12.4. The van der Waals surface area contributed by atoms with Crippen molar-refractivity contribution in [2.45, 2.75) is 52.5 Å². The van der Waals surface area contributed by atoms with Gasteiger partial charge in [0.05, 0.1) is 18.8 Å². The number of aliphatic hydroxyl groups excluding tert-OH is 2. The number of anilines is 2. The highest BCUT2D eigenvalue weighted by molar-refractivity contribution is 5.58. The van der Waals surface area contributed by atoms with Crippen molar-refractivity contribution in [1.82, 2.24) is 9.97 Å². The fraction of sp³-hybridized carbons (Fsp3) is 0.733. The van der Waals surface area contributed by atoms with Gasteiger partial charge in [-0.1, -0.05) is 20.8 Å². The quantitative estimate of drug-likeness (QED) is 0.638. The maximum absolute atomic E-state index is 9.46. The second-order valence-electron chi connectivity index (χ2n) is 6.65. The third-order valence-electron chi connectivity index (χ3n) is 3.28. The first-order chi connectivity index (χ1) is 9.66. The molecule has 0 amide bonds. The molecule has 1 aromatic rings. The molecular formula is C15H28N4O2. The van der Waals surface area contributed by atoms with E-state index in [1.54, 1.807) is 6.92 Å². The lowest BCUT2D eigenvalue weighted by molar-refractivity contribution is 0.147. The highest BCUT2D eigenvalue weighted by atomic mass is 16.3. The maximum atomic E-state index is 9.46. The van der Waals surface area contributed by atoms with Crippen molar-refractivity contribution in [2.24, 2.45) is 0 Å². The van der Waals surface area contributed by atoms with E-state index in [-0.39, 0.29) is 18.6 Å². The van der Waals surface area contributed by atoms with Crippen LogP contribution in [-0.4, -0.2) is 45.5 Å². The van der Waals surface area contributed by atoms with Gasteiger partial charge in [-0.2, -0.15) is 0 Å². The lowest BCUT2D eigenvalue weighted by Gasteiger charge is -2.29. The zero-order valence-corrected chi connectivity index (χ0v) is 13.9. The van der Waals surface area contributed by atoms with Crippen LogP contribution in [0.5, 0.6) is 0 Å². The third-order valence-corrected chi connectivity index (χ3v) is 3.28. The van der Waals surface area contributed by atoms with Crippen LogP contribution in [0.3, 0.4) is 0 Å². The minimum atomic E-state index is -0.822. The molecule has 6 heteroatoms. The Bertz CT molecular complexity index is 479. The van der Waals surface area contributed by atoms with E-state index in [0.717, 1.165) is 17.9 Å². The summed E-state index contributed by atoms with van der Waals surface area (Å²) in [6, 6.07) is 0. The fourth-order valence-corrected chi connectivity index (χ4v) is 1.73. The molecule has 0 aliphatic rings. The van der Waals surface area contributed by atoms with Crippen molar-refractivity contribution in [3.05, 3.63) is 11.4 Å². The number of hydrogen-bond acceptors (Lipinski definition) is 6. The Morgan fingerprint density at radius 3 is 1.95 bits per heavy atom. The lowest BCUT2D eigenvalue weighted by Crippen LogP contribution is -2.43. The van der Waals surface area contributed by atoms with Gasteiger partial charge in [0.1, 0.15) is 17.5 Å². The molecule has 0 unspecified atom stereocenters. The van der Waals surface area contributed by atoms with Crippen LogP contribution in [0.4, 0.5) is 11.6 Å². The van der Waals surface area contributed by atoms with Crippen molar-refractivity contribution in [1.29, 1.82) is 0 Å². The van der Waals surface area contributed by atoms with E-state index in [1.165, 1.54) is 0 Å². The molecule has 0 saturated carbocycles. The van der Waals surface area contributed by atoms with Gasteiger partial charge < -0.3 is 20.8 Å². The van der Waals surface area contributed by atoms with E-state index in [2.05, 4.69) is 41.4 Å². The summed E-state index contributed by atoms with van der Waals surface area (Å²) in [6.45, 7) is 12.2. The van der Waals surface area contributed by atoms with Crippen LogP contribution in [0.1, 0.15) is 46.0 Å². The van der Waals surface area contributed by atoms with E-state index >= 15 is 0 Å². The Labute approximate surface area is 127 Å². The molecule has 1 rings (SSSR count). The highest BCUT2D eigenvalue weighted by Gasteiger charge is 2.26. The molecule has 0 radical (unpaired) electrons. The van der Waals surface area contributed by atoms with E-state index in [1.807, 2.05) is 13.8 Å². The molecule has 0 fully saturated rings. The zero-order chi connectivity index (χ0) is 16.3. The molecule has 0 aromatic carbocycles. The summed E-state index contributed by atoms with van der Waals surface area (Å²) in [6.07, 6.45) is 0. The molecule has 0 saturated heterocycles. The van der Waals surface area contributed by atoms with Gasteiger partial charge in [-0.15, -0.1) is 0 Å². The molecule has 1 heterocycles. The molecule has 0 aliphatic heterocycles. The Balaban J connectivity index is 3.32. The number of nitrogens with zero attached hydrogens (tertiary/aromatic N) is 2. The first kappa shape index (κ1) is 17.7. The molecule has 0 spiro atoms. The topological polar surface area (TPSA) is 90.3 Å². The molecular weight excluding hydrogens is 268 g/mol. The molecule has 120 valence electrons. The molecule has 6 nitrogen and oxygen atoms in total. The van der Waals surface area contributed by atoms with Gasteiger partial charge in [-0.3, -0.25) is 0 Å². The molecule has 4 N–H and O–H groups in total. The van der Waals surface area contributed by atoms with E-state index in [9.17, 15) is 10.2 Å². The average molecular weight is 296 g/mol. The minimum absolute atomic E-state index is 0.186. The average Bonchev–Trinajstić information content (AvgIpc) is 2.42. The van der Waals surface area contributed by atoms with Gasteiger partial charge in [0, 0.05) is 17.5 Å². The number of aliphatic hydroxyl groups is 2. The number of rotatable bonds is 6. The van der Waals surface area contributed by atoms with Crippen LogP contribution >= 0.6 is 0 Å². The van der Waals surface area contributed by atoms with Crippen LogP contribution in [0.25, 0.3) is 0 Å². The first-order valence-corrected chi connectivity index (χ1v) is 7.29. The zero-order valence-electron chi connectivity index (χ0n) is 13.9. The largest absolute Gasteiger partial charge is 0.394 e. The molecule has 21 heavy (non-hydrogen) atoms. The Morgan fingerprint density at radius 2 is 1.52 bits per heavy atom. The second kappa shape index (κ2) is 6.58. The highest BCUT2D eigenvalue weighted by Crippen LogP contribution is 2.27. The Morgan fingerprint density at radius 1 is 1.00 bits per heavy atom. The van der Waals surface area contributed by atoms with Crippen LogP contribution in [0.15, 0.2) is 0 Å². The third kappa shape index (κ3) is 4.28. The summed E-state index contributed by atoms with van der Waals surface area (Å²) in [5.74, 6) is 2.12. The maximum Gasteiger partial charge on any atom is 0.138 e. The van der Waals surface area contributed by atoms with Crippen LogP contribution in [-0.2, 0) is 5.41 Å². The number of aromatic nitrogens is 2. The summed E-state index contributed by atoms with van der Waals surface area (Å²) < 4.78 is 0. The summed E-state index contributed by atoms with van der Waals surface area (Å²) in [5.41, 5.74) is -0.140. The first-order valence-electron chi connectivity index (χ1n) is 7.29. The van der Waals surface area contributed by atoms with Gasteiger partial charge >= 0.3 is 0 Å².